The van der Waals surface area contributed by atoms with Crippen LogP contribution in [0.3, 0.4) is 0 Å². The van der Waals surface area contributed by atoms with Gasteiger partial charge in [-0.05, 0) is 43.0 Å². The summed E-state index contributed by atoms with van der Waals surface area (Å²) in [6, 6.07) is 8.39. The quantitative estimate of drug-likeness (QED) is 0.854. The lowest BCUT2D eigenvalue weighted by atomic mass is 9.95. The molecular formula is C15H18N2. The Labute approximate surface area is 103 Å². The first kappa shape index (κ1) is 11.8. The molecule has 1 unspecified atom stereocenters. The molecule has 0 amide bonds. The summed E-state index contributed by atoms with van der Waals surface area (Å²) in [7, 11) is 0. The van der Waals surface area contributed by atoms with Crippen LogP contribution in [0.15, 0.2) is 36.7 Å². The molecule has 2 heteroatoms. The number of aryl methyl sites for hydroxylation is 3. The Hall–Kier alpha value is -1.67. The number of pyridine rings is 1. The third-order valence-corrected chi connectivity index (χ3v) is 3.03. The van der Waals surface area contributed by atoms with Crippen molar-refractivity contribution in [1.82, 2.24) is 4.98 Å². The number of aromatic nitrogens is 1. The van der Waals surface area contributed by atoms with Crippen LogP contribution < -0.4 is 5.73 Å². The van der Waals surface area contributed by atoms with Gasteiger partial charge in [0.15, 0.2) is 0 Å². The summed E-state index contributed by atoms with van der Waals surface area (Å²) in [4.78, 5) is 4.20. The number of benzene rings is 1. The highest BCUT2D eigenvalue weighted by Crippen LogP contribution is 2.23. The second-order valence-corrected chi connectivity index (χ2v) is 4.63. The van der Waals surface area contributed by atoms with Crippen molar-refractivity contribution in [2.45, 2.75) is 26.8 Å². The highest BCUT2D eigenvalue weighted by molar-refractivity contribution is 5.38. The molecule has 0 aliphatic heterocycles. The fourth-order valence-electron chi connectivity index (χ4n) is 2.02. The molecule has 0 aliphatic carbocycles. The van der Waals surface area contributed by atoms with Crippen LogP contribution >= 0.6 is 0 Å². The van der Waals surface area contributed by atoms with E-state index in [0.29, 0.717) is 0 Å². The maximum Gasteiger partial charge on any atom is 0.0569 e. The molecule has 2 N–H and O–H groups in total. The van der Waals surface area contributed by atoms with Gasteiger partial charge in [0.25, 0.3) is 0 Å². The molecule has 0 spiro atoms. The summed E-state index contributed by atoms with van der Waals surface area (Å²) in [5, 5.41) is 0. The first-order valence-electron chi connectivity index (χ1n) is 5.82. The van der Waals surface area contributed by atoms with Crippen LogP contribution in [0.4, 0.5) is 0 Å². The summed E-state index contributed by atoms with van der Waals surface area (Å²) in [6.45, 7) is 6.22. The first-order chi connectivity index (χ1) is 8.08. The van der Waals surface area contributed by atoms with Crippen molar-refractivity contribution in [3.05, 3.63) is 64.5 Å². The van der Waals surface area contributed by atoms with Gasteiger partial charge in [-0.3, -0.25) is 4.98 Å². The highest BCUT2D eigenvalue weighted by atomic mass is 14.7. The van der Waals surface area contributed by atoms with Crippen LogP contribution in [0.5, 0.6) is 0 Å². The van der Waals surface area contributed by atoms with Crippen molar-refractivity contribution in [2.24, 2.45) is 5.73 Å². The molecule has 0 bridgehead atoms. The normalized spacial score (nSPS) is 12.5. The van der Waals surface area contributed by atoms with E-state index in [0.717, 1.165) is 11.1 Å². The average molecular weight is 226 g/mol. The van der Waals surface area contributed by atoms with Gasteiger partial charge in [-0.15, -0.1) is 0 Å². The van der Waals surface area contributed by atoms with Gasteiger partial charge in [-0.25, -0.2) is 0 Å². The van der Waals surface area contributed by atoms with Crippen LogP contribution in [0.25, 0.3) is 0 Å². The van der Waals surface area contributed by atoms with E-state index in [1.54, 1.807) is 0 Å². The van der Waals surface area contributed by atoms with E-state index in [-0.39, 0.29) is 6.04 Å². The minimum Gasteiger partial charge on any atom is -0.320 e. The molecule has 0 fully saturated rings. The molecule has 17 heavy (non-hydrogen) atoms. The third-order valence-electron chi connectivity index (χ3n) is 3.03. The predicted molar refractivity (Wildman–Crippen MR) is 70.9 cm³/mol. The van der Waals surface area contributed by atoms with Gasteiger partial charge in [0.05, 0.1) is 6.04 Å². The molecule has 2 rings (SSSR count). The molecule has 0 saturated heterocycles. The molecule has 0 radical (unpaired) electrons. The SMILES string of the molecule is Cc1cncc(C(N)c2cc(C)ccc2C)c1. The molecule has 88 valence electrons. The Morgan fingerprint density at radius 3 is 2.47 bits per heavy atom. The molecule has 0 saturated carbocycles. The number of nitrogens with zero attached hydrogens (tertiary/aromatic N) is 1. The molecule has 1 aromatic heterocycles. The zero-order valence-corrected chi connectivity index (χ0v) is 10.6. The summed E-state index contributed by atoms with van der Waals surface area (Å²) in [5.41, 5.74) is 12.2. The number of nitrogens with two attached hydrogens (primary N) is 1. The summed E-state index contributed by atoms with van der Waals surface area (Å²) in [6.07, 6.45) is 3.69. The minimum atomic E-state index is -0.0951. The van der Waals surface area contributed by atoms with E-state index in [9.17, 15) is 0 Å². The summed E-state index contributed by atoms with van der Waals surface area (Å²) < 4.78 is 0. The highest BCUT2D eigenvalue weighted by Gasteiger charge is 2.11. The van der Waals surface area contributed by atoms with Gasteiger partial charge in [0, 0.05) is 12.4 Å². The van der Waals surface area contributed by atoms with E-state index in [1.807, 2.05) is 19.3 Å². The van der Waals surface area contributed by atoms with Gasteiger partial charge in [-0.2, -0.15) is 0 Å². The molecule has 1 atom stereocenters. The van der Waals surface area contributed by atoms with Crippen molar-refractivity contribution in [2.75, 3.05) is 0 Å². The first-order valence-corrected chi connectivity index (χ1v) is 5.82. The van der Waals surface area contributed by atoms with Crippen molar-refractivity contribution < 1.29 is 0 Å². The molecular weight excluding hydrogens is 208 g/mol. The fourth-order valence-corrected chi connectivity index (χ4v) is 2.02. The van der Waals surface area contributed by atoms with E-state index < -0.39 is 0 Å². The Bertz CT molecular complexity index is 532. The van der Waals surface area contributed by atoms with Gasteiger partial charge < -0.3 is 5.73 Å². The average Bonchev–Trinajstić information content (AvgIpc) is 2.31. The lowest BCUT2D eigenvalue weighted by molar-refractivity contribution is 0.850. The van der Waals surface area contributed by atoms with Crippen LogP contribution in [0.2, 0.25) is 0 Å². The van der Waals surface area contributed by atoms with Gasteiger partial charge >= 0.3 is 0 Å². The van der Waals surface area contributed by atoms with Crippen LogP contribution in [-0.2, 0) is 0 Å². The fraction of sp³-hybridized carbons (Fsp3) is 0.267. The standard InChI is InChI=1S/C15H18N2/c1-10-4-5-12(3)14(7-10)15(16)13-6-11(2)8-17-9-13/h4-9,15H,16H2,1-3H3. The molecule has 1 aromatic carbocycles. The zero-order valence-electron chi connectivity index (χ0n) is 10.6. The molecule has 0 aliphatic rings. The van der Waals surface area contributed by atoms with Crippen molar-refractivity contribution in [1.29, 1.82) is 0 Å². The Kier molecular flexibility index (Phi) is 3.25. The number of hydrogen-bond donors (Lipinski definition) is 1. The smallest absolute Gasteiger partial charge is 0.0569 e. The minimum absolute atomic E-state index is 0.0951. The predicted octanol–water partition coefficient (Wildman–Crippen LogP) is 3.05. The summed E-state index contributed by atoms with van der Waals surface area (Å²) >= 11 is 0. The third kappa shape index (κ3) is 2.53. The second-order valence-electron chi connectivity index (χ2n) is 4.63. The zero-order chi connectivity index (χ0) is 12.4. The lowest BCUT2D eigenvalue weighted by Crippen LogP contribution is -2.14. The molecule has 2 nitrogen and oxygen atoms in total. The van der Waals surface area contributed by atoms with Crippen molar-refractivity contribution in [3.63, 3.8) is 0 Å². The number of rotatable bonds is 2. The van der Waals surface area contributed by atoms with Crippen molar-refractivity contribution in [3.8, 4) is 0 Å². The molecule has 2 aromatic rings. The van der Waals surface area contributed by atoms with Crippen LogP contribution in [0, 0.1) is 20.8 Å². The topological polar surface area (TPSA) is 38.9 Å². The van der Waals surface area contributed by atoms with E-state index in [4.69, 9.17) is 5.73 Å². The van der Waals surface area contributed by atoms with Gasteiger partial charge in [-0.1, -0.05) is 29.8 Å². The van der Waals surface area contributed by atoms with Gasteiger partial charge in [0.2, 0.25) is 0 Å². The Morgan fingerprint density at radius 1 is 1.00 bits per heavy atom. The van der Waals surface area contributed by atoms with Gasteiger partial charge in [0.1, 0.15) is 0 Å². The van der Waals surface area contributed by atoms with E-state index >= 15 is 0 Å². The lowest BCUT2D eigenvalue weighted by Gasteiger charge is -2.16. The summed E-state index contributed by atoms with van der Waals surface area (Å²) in [5.74, 6) is 0. The second kappa shape index (κ2) is 4.68. The monoisotopic (exact) mass is 226 g/mol. The van der Waals surface area contributed by atoms with E-state index in [1.165, 1.54) is 16.7 Å². The maximum absolute atomic E-state index is 6.31. The van der Waals surface area contributed by atoms with Crippen molar-refractivity contribution >= 4 is 0 Å². The Morgan fingerprint density at radius 2 is 1.76 bits per heavy atom. The maximum atomic E-state index is 6.31. The Balaban J connectivity index is 2.43. The largest absolute Gasteiger partial charge is 0.320 e. The van der Waals surface area contributed by atoms with Crippen LogP contribution in [-0.4, -0.2) is 4.98 Å². The molecule has 1 heterocycles. The number of hydrogen-bond acceptors (Lipinski definition) is 2. The van der Waals surface area contributed by atoms with Crippen LogP contribution in [0.1, 0.15) is 33.9 Å². The van der Waals surface area contributed by atoms with E-state index in [2.05, 4.69) is 43.1 Å².